The molecule has 0 saturated heterocycles. The Morgan fingerprint density at radius 3 is 2.43 bits per heavy atom. The van der Waals surface area contributed by atoms with Crippen molar-refractivity contribution in [3.8, 4) is 11.1 Å². The number of aromatic carboxylic acids is 1. The lowest BCUT2D eigenvalue weighted by molar-refractivity contribution is 0.0697. The molecule has 2 N–H and O–H groups in total. The van der Waals surface area contributed by atoms with E-state index >= 15 is 0 Å². The summed E-state index contributed by atoms with van der Waals surface area (Å²) in [4.78, 5) is 22.1. The van der Waals surface area contributed by atoms with Gasteiger partial charge >= 0.3 is 5.97 Å². The number of fused-ring (bicyclic) bond motifs is 1. The molecule has 2 heterocycles. The van der Waals surface area contributed by atoms with Gasteiger partial charge in [0.1, 0.15) is 17.0 Å². The predicted molar refractivity (Wildman–Crippen MR) is 114 cm³/mol. The van der Waals surface area contributed by atoms with Gasteiger partial charge in [-0.3, -0.25) is 0 Å². The van der Waals surface area contributed by atoms with E-state index in [1.54, 1.807) is 41.9 Å². The summed E-state index contributed by atoms with van der Waals surface area (Å²) >= 11 is 1.65. The minimum Gasteiger partial charge on any atom is -0.478 e. The molecular weight excluding hydrogens is 370 g/mol. The van der Waals surface area contributed by atoms with Gasteiger partial charge in [-0.2, -0.15) is 0 Å². The number of carboxylic acids is 1. The second-order valence-electron chi connectivity index (χ2n) is 6.74. The Kier molecular flexibility index (Phi) is 4.57. The quantitative estimate of drug-likeness (QED) is 0.466. The number of hydrogen-bond donors (Lipinski definition) is 2. The lowest BCUT2D eigenvalue weighted by Gasteiger charge is -2.10. The molecule has 2 aromatic carbocycles. The summed E-state index contributed by atoms with van der Waals surface area (Å²) in [6, 6.07) is 13.1. The molecule has 0 atom stereocenters. The summed E-state index contributed by atoms with van der Waals surface area (Å²) in [5, 5.41) is 13.4. The molecule has 0 unspecified atom stereocenters. The molecule has 2 aromatic heterocycles. The van der Waals surface area contributed by atoms with Crippen LogP contribution in [0.4, 0.5) is 11.5 Å². The van der Waals surface area contributed by atoms with Crippen molar-refractivity contribution in [3.63, 3.8) is 0 Å². The predicted octanol–water partition coefficient (Wildman–Crippen LogP) is 5.73. The zero-order valence-electron chi connectivity index (χ0n) is 15.8. The number of hydrogen-bond acceptors (Lipinski definition) is 5. The lowest BCUT2D eigenvalue weighted by Crippen LogP contribution is -1.98. The summed E-state index contributed by atoms with van der Waals surface area (Å²) in [5.41, 5.74) is 5.81. The molecule has 0 fully saturated rings. The van der Waals surface area contributed by atoms with E-state index < -0.39 is 5.97 Å². The Morgan fingerprint density at radius 1 is 1.00 bits per heavy atom. The van der Waals surface area contributed by atoms with Gasteiger partial charge < -0.3 is 10.4 Å². The normalized spacial score (nSPS) is 11.0. The second kappa shape index (κ2) is 7.05. The first-order valence-electron chi connectivity index (χ1n) is 8.86. The maximum absolute atomic E-state index is 11.1. The minimum atomic E-state index is -0.943. The van der Waals surface area contributed by atoms with Crippen molar-refractivity contribution in [2.24, 2.45) is 0 Å². The molecule has 0 amide bonds. The van der Waals surface area contributed by atoms with Crippen molar-refractivity contribution in [2.45, 2.75) is 20.8 Å². The molecule has 0 aliphatic carbocycles. The van der Waals surface area contributed by atoms with Crippen molar-refractivity contribution >= 4 is 39.0 Å². The zero-order valence-corrected chi connectivity index (χ0v) is 16.6. The number of nitrogens with zero attached hydrogens (tertiary/aromatic N) is 2. The first kappa shape index (κ1) is 18.1. The molecule has 6 heteroatoms. The van der Waals surface area contributed by atoms with E-state index in [0.29, 0.717) is 5.82 Å². The van der Waals surface area contributed by atoms with E-state index in [-0.39, 0.29) is 5.56 Å². The van der Waals surface area contributed by atoms with Gasteiger partial charge in [-0.05, 0) is 61.7 Å². The van der Waals surface area contributed by atoms with Crippen molar-refractivity contribution in [3.05, 3.63) is 70.4 Å². The minimum absolute atomic E-state index is 0.251. The summed E-state index contributed by atoms with van der Waals surface area (Å²) < 4.78 is 0. The maximum Gasteiger partial charge on any atom is 0.335 e. The SMILES string of the molecule is Cc1ccc(-c2c(C)sc3ncnc(Nc4ccc(C(=O)O)cc4)c23)cc1C. The van der Waals surface area contributed by atoms with Crippen molar-refractivity contribution in [1.82, 2.24) is 9.97 Å². The number of carboxylic acid groups (broad SMARTS) is 1. The van der Waals surface area contributed by atoms with Crippen LogP contribution in [0.2, 0.25) is 0 Å². The average Bonchev–Trinajstić information content (AvgIpc) is 3.01. The van der Waals surface area contributed by atoms with E-state index in [9.17, 15) is 4.79 Å². The van der Waals surface area contributed by atoms with Crippen molar-refractivity contribution in [1.29, 1.82) is 0 Å². The van der Waals surface area contributed by atoms with Crippen LogP contribution >= 0.6 is 11.3 Å². The molecule has 4 aromatic rings. The Morgan fingerprint density at radius 2 is 1.75 bits per heavy atom. The molecule has 140 valence electrons. The zero-order chi connectivity index (χ0) is 19.8. The molecule has 28 heavy (non-hydrogen) atoms. The molecule has 0 saturated carbocycles. The molecule has 0 aliphatic rings. The highest BCUT2D eigenvalue weighted by atomic mass is 32.1. The van der Waals surface area contributed by atoms with Gasteiger partial charge in [-0.15, -0.1) is 11.3 Å². The van der Waals surface area contributed by atoms with Crippen LogP contribution in [0.3, 0.4) is 0 Å². The molecule has 0 spiro atoms. The second-order valence-corrected chi connectivity index (χ2v) is 7.95. The lowest BCUT2D eigenvalue weighted by atomic mass is 9.99. The van der Waals surface area contributed by atoms with Gasteiger partial charge in [-0.1, -0.05) is 18.2 Å². The molecular formula is C22H19N3O2S. The number of aryl methyl sites for hydroxylation is 3. The van der Waals surface area contributed by atoms with E-state index in [1.165, 1.54) is 16.0 Å². The molecule has 4 rings (SSSR count). The first-order valence-corrected chi connectivity index (χ1v) is 9.68. The highest BCUT2D eigenvalue weighted by molar-refractivity contribution is 7.19. The van der Waals surface area contributed by atoms with E-state index in [4.69, 9.17) is 5.11 Å². The van der Waals surface area contributed by atoms with E-state index in [2.05, 4.69) is 54.3 Å². The number of nitrogens with one attached hydrogen (secondary N) is 1. The van der Waals surface area contributed by atoms with Crippen molar-refractivity contribution in [2.75, 3.05) is 5.32 Å². The fourth-order valence-electron chi connectivity index (χ4n) is 3.22. The van der Waals surface area contributed by atoms with Crippen LogP contribution in [0, 0.1) is 20.8 Å². The topological polar surface area (TPSA) is 75.1 Å². The number of benzene rings is 2. The fourth-order valence-corrected chi connectivity index (χ4v) is 4.23. The van der Waals surface area contributed by atoms with E-state index in [1.807, 2.05) is 0 Å². The van der Waals surface area contributed by atoms with Crippen LogP contribution in [0.25, 0.3) is 21.3 Å². The number of aromatic nitrogens is 2. The Balaban J connectivity index is 1.83. The fraction of sp³-hybridized carbons (Fsp3) is 0.136. The van der Waals surface area contributed by atoms with Gasteiger partial charge in [-0.25, -0.2) is 14.8 Å². The van der Waals surface area contributed by atoms with Crippen LogP contribution < -0.4 is 5.32 Å². The number of anilines is 2. The molecule has 0 aliphatic heterocycles. The van der Waals surface area contributed by atoms with Crippen LogP contribution in [-0.4, -0.2) is 21.0 Å². The van der Waals surface area contributed by atoms with Crippen molar-refractivity contribution < 1.29 is 9.90 Å². The molecule has 5 nitrogen and oxygen atoms in total. The van der Waals surface area contributed by atoms with Gasteiger partial charge in [0.05, 0.1) is 10.9 Å². The first-order chi connectivity index (χ1) is 13.4. The van der Waals surface area contributed by atoms with Gasteiger partial charge in [0.15, 0.2) is 0 Å². The third-order valence-corrected chi connectivity index (χ3v) is 5.87. The Labute approximate surface area is 166 Å². The summed E-state index contributed by atoms with van der Waals surface area (Å²) in [7, 11) is 0. The highest BCUT2D eigenvalue weighted by Gasteiger charge is 2.17. The third-order valence-electron chi connectivity index (χ3n) is 4.85. The van der Waals surface area contributed by atoms with Gasteiger partial charge in [0.2, 0.25) is 0 Å². The van der Waals surface area contributed by atoms with Crippen LogP contribution in [0.5, 0.6) is 0 Å². The molecule has 0 radical (unpaired) electrons. The third kappa shape index (κ3) is 3.23. The maximum atomic E-state index is 11.1. The largest absolute Gasteiger partial charge is 0.478 e. The highest BCUT2D eigenvalue weighted by Crippen LogP contribution is 2.41. The van der Waals surface area contributed by atoms with Gasteiger partial charge in [0.25, 0.3) is 0 Å². The van der Waals surface area contributed by atoms with Crippen LogP contribution in [-0.2, 0) is 0 Å². The number of carbonyl (C=O) groups is 1. The van der Waals surface area contributed by atoms with E-state index in [0.717, 1.165) is 27.0 Å². The number of rotatable bonds is 4. The Hall–Kier alpha value is -3.25. The van der Waals surface area contributed by atoms with Gasteiger partial charge in [0, 0.05) is 16.1 Å². The average molecular weight is 389 g/mol. The standard InChI is InChI=1S/C22H19N3O2S/c1-12-4-5-16(10-13(12)2)18-14(3)28-21-19(18)20(23-11-24-21)25-17-8-6-15(7-9-17)22(26)27/h4-11H,1-3H3,(H,26,27)(H,23,24,25). The smallest absolute Gasteiger partial charge is 0.335 e. The molecule has 0 bridgehead atoms. The monoisotopic (exact) mass is 389 g/mol. The Bertz CT molecular complexity index is 1200. The summed E-state index contributed by atoms with van der Waals surface area (Å²) in [5.74, 6) is -0.230. The van der Waals surface area contributed by atoms with Crippen LogP contribution in [0.1, 0.15) is 26.4 Å². The van der Waals surface area contributed by atoms with Crippen LogP contribution in [0.15, 0.2) is 48.8 Å². The summed E-state index contributed by atoms with van der Waals surface area (Å²) in [6.45, 7) is 6.32. The summed E-state index contributed by atoms with van der Waals surface area (Å²) in [6.07, 6.45) is 1.55. The number of thiophene rings is 1.